The quantitative estimate of drug-likeness (QED) is 0.559. The van der Waals surface area contributed by atoms with E-state index in [1.165, 1.54) is 4.31 Å². The molecule has 0 unspecified atom stereocenters. The molecule has 4 rings (SSSR count). The Hall–Kier alpha value is -3.17. The highest BCUT2D eigenvalue weighted by Gasteiger charge is 2.27. The number of piperazine rings is 1. The van der Waals surface area contributed by atoms with Crippen LogP contribution in [0, 0.1) is 0 Å². The van der Waals surface area contributed by atoms with Crippen LogP contribution < -0.4 is 15.0 Å². The molecule has 9 heteroatoms. The van der Waals surface area contributed by atoms with Crippen molar-refractivity contribution in [3.8, 4) is 5.75 Å². The number of carbonyl (C=O) groups excluding carboxylic acids is 1. The molecule has 1 aromatic heterocycles. The number of pyridine rings is 1. The average molecular weight is 455 g/mol. The molecular weight excluding hydrogens is 428 g/mol. The van der Waals surface area contributed by atoms with Crippen molar-refractivity contribution in [1.82, 2.24) is 14.6 Å². The van der Waals surface area contributed by atoms with E-state index in [9.17, 15) is 13.2 Å². The van der Waals surface area contributed by atoms with Crippen molar-refractivity contribution in [2.75, 3.05) is 50.0 Å². The van der Waals surface area contributed by atoms with Crippen LogP contribution in [-0.4, -0.2) is 68.7 Å². The molecule has 0 saturated carbocycles. The van der Waals surface area contributed by atoms with E-state index in [0.717, 1.165) is 16.6 Å². The van der Waals surface area contributed by atoms with Gasteiger partial charge in [0.2, 0.25) is 10.0 Å². The first kappa shape index (κ1) is 22.0. The number of benzene rings is 2. The molecule has 0 spiro atoms. The Balaban J connectivity index is 1.20. The number of rotatable bonds is 8. The molecule has 3 aromatic rings. The molecule has 2 aromatic carbocycles. The lowest BCUT2D eigenvalue weighted by molar-refractivity contribution is -0.122. The molecule has 0 bridgehead atoms. The first-order chi connectivity index (χ1) is 15.5. The second-order valence-electron chi connectivity index (χ2n) is 7.54. The molecule has 1 fully saturated rings. The van der Waals surface area contributed by atoms with Gasteiger partial charge >= 0.3 is 0 Å². The Morgan fingerprint density at radius 2 is 1.72 bits per heavy atom. The minimum absolute atomic E-state index is 0.0443. The maximum absolute atomic E-state index is 12.6. The summed E-state index contributed by atoms with van der Waals surface area (Å²) in [5, 5.41) is 4.75. The summed E-state index contributed by atoms with van der Waals surface area (Å²) >= 11 is 0. The Kier molecular flexibility index (Phi) is 6.87. The normalized spacial score (nSPS) is 14.9. The SMILES string of the molecule is O=C(COc1ccc2ccccc2c1)NCCS(=O)(=O)N1CCN(c2ccccn2)CC1. The average Bonchev–Trinajstić information content (AvgIpc) is 2.83. The van der Waals surface area contributed by atoms with Crippen LogP contribution in [0.3, 0.4) is 0 Å². The molecule has 2 heterocycles. The number of hydrogen-bond acceptors (Lipinski definition) is 6. The summed E-state index contributed by atoms with van der Waals surface area (Å²) in [5.41, 5.74) is 0. The predicted molar refractivity (Wildman–Crippen MR) is 124 cm³/mol. The number of anilines is 1. The minimum Gasteiger partial charge on any atom is -0.484 e. The van der Waals surface area contributed by atoms with E-state index in [1.54, 1.807) is 6.20 Å². The zero-order chi connectivity index (χ0) is 22.4. The van der Waals surface area contributed by atoms with E-state index in [-0.39, 0.29) is 24.8 Å². The summed E-state index contributed by atoms with van der Waals surface area (Å²) < 4.78 is 32.3. The van der Waals surface area contributed by atoms with Crippen LogP contribution in [-0.2, 0) is 14.8 Å². The third-order valence-corrected chi connectivity index (χ3v) is 7.25. The lowest BCUT2D eigenvalue weighted by Crippen LogP contribution is -2.50. The van der Waals surface area contributed by atoms with Crippen LogP contribution in [0.15, 0.2) is 66.9 Å². The zero-order valence-electron chi connectivity index (χ0n) is 17.7. The zero-order valence-corrected chi connectivity index (χ0v) is 18.5. The number of amides is 1. The van der Waals surface area contributed by atoms with Crippen molar-refractivity contribution in [1.29, 1.82) is 0 Å². The van der Waals surface area contributed by atoms with E-state index >= 15 is 0 Å². The molecule has 0 radical (unpaired) electrons. The summed E-state index contributed by atoms with van der Waals surface area (Å²) in [6.45, 7) is 1.85. The molecule has 1 aliphatic rings. The van der Waals surface area contributed by atoms with Crippen LogP contribution in [0.4, 0.5) is 5.82 Å². The summed E-state index contributed by atoms with van der Waals surface area (Å²) in [6.07, 6.45) is 1.73. The highest BCUT2D eigenvalue weighted by Crippen LogP contribution is 2.20. The largest absolute Gasteiger partial charge is 0.484 e. The lowest BCUT2D eigenvalue weighted by atomic mass is 10.1. The Labute approximate surface area is 187 Å². The first-order valence-corrected chi connectivity index (χ1v) is 12.1. The molecule has 168 valence electrons. The highest BCUT2D eigenvalue weighted by molar-refractivity contribution is 7.89. The third kappa shape index (κ3) is 5.54. The maximum atomic E-state index is 12.6. The van der Waals surface area contributed by atoms with E-state index in [2.05, 4.69) is 15.2 Å². The minimum atomic E-state index is -3.45. The van der Waals surface area contributed by atoms with Gasteiger partial charge < -0.3 is 15.0 Å². The number of aromatic nitrogens is 1. The van der Waals surface area contributed by atoms with Crippen LogP contribution in [0.2, 0.25) is 0 Å². The smallest absolute Gasteiger partial charge is 0.257 e. The van der Waals surface area contributed by atoms with E-state index < -0.39 is 10.0 Å². The molecule has 0 aliphatic carbocycles. The van der Waals surface area contributed by atoms with Crippen molar-refractivity contribution in [3.63, 3.8) is 0 Å². The van der Waals surface area contributed by atoms with Crippen molar-refractivity contribution in [2.45, 2.75) is 0 Å². The van der Waals surface area contributed by atoms with Gasteiger partial charge in [0.1, 0.15) is 11.6 Å². The van der Waals surface area contributed by atoms with Crippen molar-refractivity contribution in [3.05, 3.63) is 66.9 Å². The second-order valence-corrected chi connectivity index (χ2v) is 9.63. The lowest BCUT2D eigenvalue weighted by Gasteiger charge is -2.34. The first-order valence-electron chi connectivity index (χ1n) is 10.5. The molecule has 1 aliphatic heterocycles. The summed E-state index contributed by atoms with van der Waals surface area (Å²) in [4.78, 5) is 18.5. The Morgan fingerprint density at radius 3 is 2.47 bits per heavy atom. The Bertz CT molecular complexity index is 1160. The van der Waals surface area contributed by atoms with Gasteiger partial charge in [-0.1, -0.05) is 36.4 Å². The van der Waals surface area contributed by atoms with E-state index in [0.29, 0.717) is 31.9 Å². The van der Waals surface area contributed by atoms with Crippen LogP contribution in [0.5, 0.6) is 5.75 Å². The van der Waals surface area contributed by atoms with Gasteiger partial charge in [-0.15, -0.1) is 0 Å². The van der Waals surface area contributed by atoms with Gasteiger partial charge in [0.15, 0.2) is 6.61 Å². The number of hydrogen-bond donors (Lipinski definition) is 1. The fraction of sp³-hybridized carbons (Fsp3) is 0.304. The van der Waals surface area contributed by atoms with E-state index in [1.807, 2.05) is 60.7 Å². The molecule has 1 saturated heterocycles. The number of carbonyl (C=O) groups is 1. The van der Waals surface area contributed by atoms with Gasteiger partial charge in [0.05, 0.1) is 5.75 Å². The van der Waals surface area contributed by atoms with E-state index in [4.69, 9.17) is 4.74 Å². The summed E-state index contributed by atoms with van der Waals surface area (Å²) in [5.74, 6) is 0.951. The second kappa shape index (κ2) is 9.97. The van der Waals surface area contributed by atoms with Crippen molar-refractivity contribution < 1.29 is 17.9 Å². The van der Waals surface area contributed by atoms with Gasteiger partial charge in [0, 0.05) is 38.9 Å². The topological polar surface area (TPSA) is 91.8 Å². The molecule has 32 heavy (non-hydrogen) atoms. The van der Waals surface area contributed by atoms with Gasteiger partial charge in [0.25, 0.3) is 5.91 Å². The highest BCUT2D eigenvalue weighted by atomic mass is 32.2. The molecule has 1 amide bonds. The monoisotopic (exact) mass is 454 g/mol. The number of sulfonamides is 1. The molecule has 0 atom stereocenters. The number of ether oxygens (including phenoxy) is 1. The van der Waals surface area contributed by atoms with Crippen LogP contribution in [0.25, 0.3) is 10.8 Å². The van der Waals surface area contributed by atoms with Crippen LogP contribution >= 0.6 is 0 Å². The molecule has 8 nitrogen and oxygen atoms in total. The van der Waals surface area contributed by atoms with Crippen LogP contribution in [0.1, 0.15) is 0 Å². The number of fused-ring (bicyclic) bond motifs is 1. The fourth-order valence-corrected chi connectivity index (χ4v) is 4.98. The number of nitrogens with zero attached hydrogens (tertiary/aromatic N) is 3. The third-order valence-electron chi connectivity index (χ3n) is 5.38. The maximum Gasteiger partial charge on any atom is 0.257 e. The molecular formula is C23H26N4O4S. The number of nitrogens with one attached hydrogen (secondary N) is 1. The predicted octanol–water partition coefficient (Wildman–Crippen LogP) is 1.88. The fourth-order valence-electron chi connectivity index (χ4n) is 3.64. The van der Waals surface area contributed by atoms with Crippen molar-refractivity contribution >= 4 is 32.5 Å². The van der Waals surface area contributed by atoms with Gasteiger partial charge in [-0.25, -0.2) is 13.4 Å². The summed E-state index contributed by atoms with van der Waals surface area (Å²) in [7, 11) is -3.45. The van der Waals surface area contributed by atoms with Gasteiger partial charge in [-0.2, -0.15) is 4.31 Å². The molecule has 1 N–H and O–H groups in total. The standard InChI is InChI=1S/C23H26N4O4S/c28-23(18-31-21-9-8-19-5-1-2-6-20(19)17-21)25-11-16-32(29,30)27-14-12-26(13-15-27)22-7-3-4-10-24-22/h1-10,17H,11-16,18H2,(H,25,28). The van der Waals surface area contributed by atoms with Gasteiger partial charge in [-0.3, -0.25) is 4.79 Å². The van der Waals surface area contributed by atoms with Crippen molar-refractivity contribution in [2.24, 2.45) is 0 Å². The van der Waals surface area contributed by atoms with Gasteiger partial charge in [-0.05, 0) is 35.0 Å². The Morgan fingerprint density at radius 1 is 0.969 bits per heavy atom. The summed E-state index contributed by atoms with van der Waals surface area (Å²) in [6, 6.07) is 19.2.